The van der Waals surface area contributed by atoms with Crippen molar-refractivity contribution in [3.63, 3.8) is 0 Å². The van der Waals surface area contributed by atoms with Gasteiger partial charge in [0.2, 0.25) is 5.91 Å². The molecule has 0 radical (unpaired) electrons. The number of aromatic nitrogens is 3. The first-order chi connectivity index (χ1) is 12.1. The molecule has 3 N–H and O–H groups in total. The van der Waals surface area contributed by atoms with Crippen molar-refractivity contribution >= 4 is 28.3 Å². The predicted molar refractivity (Wildman–Crippen MR) is 101 cm³/mol. The quantitative estimate of drug-likeness (QED) is 0.682. The highest BCUT2D eigenvalue weighted by Gasteiger charge is 2.04. The maximum Gasteiger partial charge on any atom is 0.223 e. The van der Waals surface area contributed by atoms with E-state index < -0.39 is 0 Å². The van der Waals surface area contributed by atoms with Crippen LogP contribution in [0.25, 0.3) is 0 Å². The van der Waals surface area contributed by atoms with Crippen LogP contribution in [0.4, 0.5) is 11.1 Å². The molecule has 0 fully saturated rings. The second-order valence-electron chi connectivity index (χ2n) is 5.87. The number of nitrogens with two attached hydrogens (primary N) is 1. The van der Waals surface area contributed by atoms with Crippen LogP contribution in [0.5, 0.6) is 0 Å². The Kier molecular flexibility index (Phi) is 5.45. The van der Waals surface area contributed by atoms with Gasteiger partial charge in [-0.2, -0.15) is 0 Å². The molecule has 0 unspecified atom stereocenters. The van der Waals surface area contributed by atoms with E-state index in [0.29, 0.717) is 11.1 Å². The zero-order valence-electron chi connectivity index (χ0n) is 14.1. The zero-order valence-corrected chi connectivity index (χ0v) is 14.9. The van der Waals surface area contributed by atoms with Gasteiger partial charge in [0.15, 0.2) is 11.1 Å². The molecule has 0 aliphatic carbocycles. The highest BCUT2D eigenvalue weighted by atomic mass is 32.1. The van der Waals surface area contributed by atoms with Crippen molar-refractivity contribution < 1.29 is 4.79 Å². The van der Waals surface area contributed by atoms with E-state index in [1.807, 2.05) is 16.1 Å². The van der Waals surface area contributed by atoms with Gasteiger partial charge in [-0.05, 0) is 30.4 Å². The highest BCUT2D eigenvalue weighted by molar-refractivity contribution is 7.13. The number of nitrogens with one attached hydrogen (secondary N) is 1. The topological polar surface area (TPSA) is 85.8 Å². The minimum Gasteiger partial charge on any atom is -0.369 e. The summed E-state index contributed by atoms with van der Waals surface area (Å²) < 4.78 is 1.95. The Balaban J connectivity index is 1.49. The second-order valence-corrected chi connectivity index (χ2v) is 6.73. The number of anilines is 2. The van der Waals surface area contributed by atoms with Gasteiger partial charge in [0.25, 0.3) is 0 Å². The van der Waals surface area contributed by atoms with Crippen LogP contribution in [-0.4, -0.2) is 20.4 Å². The molecule has 7 heteroatoms. The molecule has 25 heavy (non-hydrogen) atoms. The lowest BCUT2D eigenvalue weighted by atomic mass is 10.0. The first-order valence-electron chi connectivity index (χ1n) is 8.16. The summed E-state index contributed by atoms with van der Waals surface area (Å²) in [5.74, 6) is 0.465. The smallest absolute Gasteiger partial charge is 0.223 e. The minimum atomic E-state index is -0.0889. The number of aryl methyl sites for hydroxylation is 4. The van der Waals surface area contributed by atoms with Gasteiger partial charge in [0, 0.05) is 31.2 Å². The van der Waals surface area contributed by atoms with Crippen LogP contribution in [-0.2, 0) is 30.6 Å². The molecule has 1 aromatic carbocycles. The third-order valence-electron chi connectivity index (χ3n) is 3.92. The van der Waals surface area contributed by atoms with Gasteiger partial charge in [0.05, 0.1) is 5.69 Å². The van der Waals surface area contributed by atoms with E-state index in [0.717, 1.165) is 31.5 Å². The van der Waals surface area contributed by atoms with E-state index in [2.05, 4.69) is 39.6 Å². The Hall–Kier alpha value is -2.67. The monoisotopic (exact) mass is 355 g/mol. The molecule has 0 atom stereocenters. The zero-order chi connectivity index (χ0) is 17.6. The summed E-state index contributed by atoms with van der Waals surface area (Å²) in [6, 6.07) is 8.64. The van der Waals surface area contributed by atoms with Gasteiger partial charge >= 0.3 is 0 Å². The number of carbonyl (C=O) groups is 1. The number of imidazole rings is 1. The van der Waals surface area contributed by atoms with Crippen molar-refractivity contribution in [2.45, 2.75) is 32.7 Å². The fourth-order valence-corrected chi connectivity index (χ4v) is 3.34. The van der Waals surface area contributed by atoms with Crippen molar-refractivity contribution in [3.8, 4) is 0 Å². The van der Waals surface area contributed by atoms with Crippen LogP contribution >= 0.6 is 11.3 Å². The van der Waals surface area contributed by atoms with Crippen LogP contribution in [0, 0.1) is 0 Å². The maximum absolute atomic E-state index is 11.0. The van der Waals surface area contributed by atoms with E-state index in [1.165, 1.54) is 29.4 Å². The molecule has 0 saturated carbocycles. The number of benzene rings is 1. The van der Waals surface area contributed by atoms with Gasteiger partial charge < -0.3 is 15.6 Å². The Morgan fingerprint density at radius 3 is 2.56 bits per heavy atom. The number of thiazole rings is 1. The van der Waals surface area contributed by atoms with Gasteiger partial charge in [-0.3, -0.25) is 4.79 Å². The maximum atomic E-state index is 11.0. The van der Waals surface area contributed by atoms with Crippen LogP contribution in [0.3, 0.4) is 0 Å². The average molecular weight is 355 g/mol. The first-order valence-corrected chi connectivity index (χ1v) is 9.04. The van der Waals surface area contributed by atoms with Crippen LogP contribution in [0.15, 0.2) is 42.0 Å². The minimum absolute atomic E-state index is 0.0889. The Morgan fingerprint density at radius 2 is 1.92 bits per heavy atom. The number of hydrogen-bond acceptors (Lipinski definition) is 5. The van der Waals surface area contributed by atoms with E-state index in [1.54, 1.807) is 6.20 Å². The molecule has 0 spiro atoms. The number of hydrogen-bond donors (Lipinski definition) is 2. The largest absolute Gasteiger partial charge is 0.369 e. The van der Waals surface area contributed by atoms with Gasteiger partial charge in [-0.15, -0.1) is 11.3 Å². The van der Waals surface area contributed by atoms with Crippen molar-refractivity contribution in [2.75, 3.05) is 11.1 Å². The molecule has 6 nitrogen and oxygen atoms in total. The molecule has 2 heterocycles. The normalized spacial score (nSPS) is 10.8. The molecule has 0 bridgehead atoms. The summed E-state index contributed by atoms with van der Waals surface area (Å²) >= 11 is 1.46. The van der Waals surface area contributed by atoms with Gasteiger partial charge in [0.1, 0.15) is 0 Å². The fraction of sp³-hybridized carbons (Fsp3) is 0.278. The predicted octanol–water partition coefficient (Wildman–Crippen LogP) is 2.91. The standard InChI is InChI=1S/C18H21N5OS/c1-13(24)21-18-22-16(12-25-18)7-6-14-2-4-15(5-3-14)8-10-23-11-9-20-17(23)19/h2-5,9,11-12H,6-8,10H2,1H3,(H2,19,20)(H,21,22,24). The lowest BCUT2D eigenvalue weighted by Gasteiger charge is -2.06. The SMILES string of the molecule is CC(=O)Nc1nc(CCc2ccc(CCn3ccnc3N)cc2)cs1. The molecular formula is C18H21N5OS. The van der Waals surface area contributed by atoms with Gasteiger partial charge in [-0.25, -0.2) is 9.97 Å². The molecule has 0 aliphatic heterocycles. The summed E-state index contributed by atoms with van der Waals surface area (Å²) in [4.78, 5) is 19.5. The van der Waals surface area contributed by atoms with E-state index >= 15 is 0 Å². The summed E-state index contributed by atoms with van der Waals surface area (Å²) in [5.41, 5.74) is 9.34. The Bertz CT molecular complexity index is 837. The van der Waals surface area contributed by atoms with Crippen molar-refractivity contribution in [2.24, 2.45) is 0 Å². The fourth-order valence-electron chi connectivity index (χ4n) is 2.55. The number of amides is 1. The first kappa shape index (κ1) is 17.2. The third kappa shape index (κ3) is 4.90. The van der Waals surface area contributed by atoms with E-state index in [4.69, 9.17) is 5.73 Å². The molecule has 2 aromatic heterocycles. The molecule has 3 rings (SSSR count). The Morgan fingerprint density at radius 1 is 1.20 bits per heavy atom. The van der Waals surface area contributed by atoms with Crippen molar-refractivity contribution in [1.82, 2.24) is 14.5 Å². The molecule has 0 aliphatic rings. The van der Waals surface area contributed by atoms with Gasteiger partial charge in [-0.1, -0.05) is 24.3 Å². The van der Waals surface area contributed by atoms with Crippen LogP contribution < -0.4 is 11.1 Å². The number of nitrogen functional groups attached to an aromatic ring is 1. The molecule has 3 aromatic rings. The van der Waals surface area contributed by atoms with E-state index in [9.17, 15) is 4.79 Å². The number of nitrogens with zero attached hydrogens (tertiary/aromatic N) is 3. The lowest BCUT2D eigenvalue weighted by Crippen LogP contribution is -2.05. The van der Waals surface area contributed by atoms with Crippen LogP contribution in [0.2, 0.25) is 0 Å². The highest BCUT2D eigenvalue weighted by Crippen LogP contribution is 2.17. The molecule has 1 amide bonds. The summed E-state index contributed by atoms with van der Waals surface area (Å²) in [7, 11) is 0. The van der Waals surface area contributed by atoms with Crippen molar-refractivity contribution in [1.29, 1.82) is 0 Å². The van der Waals surface area contributed by atoms with Crippen molar-refractivity contribution in [3.05, 3.63) is 58.9 Å². The summed E-state index contributed by atoms with van der Waals surface area (Å²) in [6.07, 6.45) is 6.33. The lowest BCUT2D eigenvalue weighted by molar-refractivity contribution is -0.114. The molecule has 130 valence electrons. The van der Waals surface area contributed by atoms with E-state index in [-0.39, 0.29) is 5.91 Å². The average Bonchev–Trinajstić information content (AvgIpc) is 3.20. The molecule has 0 saturated heterocycles. The summed E-state index contributed by atoms with van der Waals surface area (Å²) in [6.45, 7) is 2.32. The number of carbonyl (C=O) groups excluding carboxylic acids is 1. The summed E-state index contributed by atoms with van der Waals surface area (Å²) in [5, 5.41) is 5.37. The Labute approximate surface area is 150 Å². The van der Waals surface area contributed by atoms with Crippen LogP contribution in [0.1, 0.15) is 23.7 Å². The molecular weight excluding hydrogens is 334 g/mol. The number of rotatable bonds is 7. The second kappa shape index (κ2) is 7.94. The third-order valence-corrected chi connectivity index (χ3v) is 4.72.